The molecule has 0 spiro atoms. The van der Waals surface area contributed by atoms with Gasteiger partial charge < -0.3 is 11.1 Å². The van der Waals surface area contributed by atoms with Gasteiger partial charge in [-0.1, -0.05) is 26.2 Å². The van der Waals surface area contributed by atoms with Crippen LogP contribution in [0.25, 0.3) is 0 Å². The Hall–Kier alpha value is -0.570. The SMILES string of the molecule is CCC1CCC(NC(=O)C2CCCC(CCN)C2)CC1. The van der Waals surface area contributed by atoms with E-state index in [9.17, 15) is 4.79 Å². The minimum atomic E-state index is 0.254. The van der Waals surface area contributed by atoms with Gasteiger partial charge in [0.1, 0.15) is 0 Å². The quantitative estimate of drug-likeness (QED) is 0.812. The molecule has 0 aromatic rings. The van der Waals surface area contributed by atoms with Crippen molar-refractivity contribution in [3.8, 4) is 0 Å². The standard InChI is InChI=1S/C17H32N2O/c1-2-13-6-8-16(9-7-13)19-17(20)15-5-3-4-14(12-15)10-11-18/h13-16H,2-12,18H2,1H3,(H,19,20). The Bertz CT molecular complexity index is 295. The van der Waals surface area contributed by atoms with Crippen LogP contribution in [0.2, 0.25) is 0 Å². The van der Waals surface area contributed by atoms with Crippen molar-refractivity contribution < 1.29 is 4.79 Å². The van der Waals surface area contributed by atoms with Gasteiger partial charge in [-0.2, -0.15) is 0 Å². The van der Waals surface area contributed by atoms with Crippen molar-refractivity contribution in [2.24, 2.45) is 23.5 Å². The van der Waals surface area contributed by atoms with E-state index in [1.165, 1.54) is 44.9 Å². The molecule has 2 saturated carbocycles. The zero-order chi connectivity index (χ0) is 14.4. The molecule has 3 N–H and O–H groups in total. The zero-order valence-corrected chi connectivity index (χ0v) is 13.1. The van der Waals surface area contributed by atoms with Crippen LogP contribution in [0.5, 0.6) is 0 Å². The maximum atomic E-state index is 12.4. The molecule has 2 fully saturated rings. The molecule has 2 unspecified atom stereocenters. The van der Waals surface area contributed by atoms with E-state index in [1.807, 2.05) is 0 Å². The highest BCUT2D eigenvalue weighted by atomic mass is 16.1. The molecule has 0 bridgehead atoms. The lowest BCUT2D eigenvalue weighted by Gasteiger charge is -2.32. The van der Waals surface area contributed by atoms with E-state index in [4.69, 9.17) is 5.73 Å². The summed E-state index contributed by atoms with van der Waals surface area (Å²) < 4.78 is 0. The summed E-state index contributed by atoms with van der Waals surface area (Å²) in [6, 6.07) is 0.445. The Labute approximate surface area is 124 Å². The Morgan fingerprint density at radius 3 is 2.50 bits per heavy atom. The molecule has 0 radical (unpaired) electrons. The van der Waals surface area contributed by atoms with Gasteiger partial charge >= 0.3 is 0 Å². The van der Waals surface area contributed by atoms with Gasteiger partial charge in [0.25, 0.3) is 0 Å². The number of carbonyl (C=O) groups is 1. The van der Waals surface area contributed by atoms with Crippen LogP contribution in [0, 0.1) is 17.8 Å². The summed E-state index contributed by atoms with van der Waals surface area (Å²) in [5.41, 5.74) is 5.66. The van der Waals surface area contributed by atoms with Gasteiger partial charge in [0.05, 0.1) is 0 Å². The molecule has 3 nitrogen and oxygen atoms in total. The highest BCUT2D eigenvalue weighted by Gasteiger charge is 2.29. The summed E-state index contributed by atoms with van der Waals surface area (Å²) >= 11 is 0. The zero-order valence-electron chi connectivity index (χ0n) is 13.1. The van der Waals surface area contributed by atoms with E-state index in [1.54, 1.807) is 0 Å². The van der Waals surface area contributed by atoms with Gasteiger partial charge in [-0.3, -0.25) is 4.79 Å². The second kappa shape index (κ2) is 8.02. The van der Waals surface area contributed by atoms with E-state index in [0.29, 0.717) is 17.9 Å². The van der Waals surface area contributed by atoms with Gasteiger partial charge in [0, 0.05) is 12.0 Å². The fourth-order valence-electron chi connectivity index (χ4n) is 4.06. The molecule has 3 heteroatoms. The molecule has 0 heterocycles. The van der Waals surface area contributed by atoms with E-state index < -0.39 is 0 Å². The summed E-state index contributed by atoms with van der Waals surface area (Å²) in [6.45, 7) is 3.04. The van der Waals surface area contributed by atoms with E-state index in [2.05, 4.69) is 12.2 Å². The molecular formula is C17H32N2O. The maximum Gasteiger partial charge on any atom is 0.223 e. The van der Waals surface area contributed by atoms with Crippen molar-refractivity contribution in [2.75, 3.05) is 6.54 Å². The number of rotatable bonds is 5. The highest BCUT2D eigenvalue weighted by molar-refractivity contribution is 5.79. The molecular weight excluding hydrogens is 248 g/mol. The number of hydrogen-bond acceptors (Lipinski definition) is 2. The van der Waals surface area contributed by atoms with Crippen LogP contribution in [0.15, 0.2) is 0 Å². The number of hydrogen-bond donors (Lipinski definition) is 2. The topological polar surface area (TPSA) is 55.1 Å². The first-order valence-electron chi connectivity index (χ1n) is 8.73. The first kappa shape index (κ1) is 15.8. The van der Waals surface area contributed by atoms with Crippen LogP contribution in [0.4, 0.5) is 0 Å². The smallest absolute Gasteiger partial charge is 0.223 e. The average molecular weight is 280 g/mol. The summed E-state index contributed by atoms with van der Waals surface area (Å²) in [6.07, 6.45) is 11.9. The molecule has 2 atom stereocenters. The summed E-state index contributed by atoms with van der Waals surface area (Å²) in [5.74, 6) is 2.16. The fraction of sp³-hybridized carbons (Fsp3) is 0.941. The van der Waals surface area contributed by atoms with Crippen LogP contribution < -0.4 is 11.1 Å². The third kappa shape index (κ3) is 4.47. The van der Waals surface area contributed by atoms with Crippen molar-refractivity contribution in [2.45, 2.75) is 77.2 Å². The van der Waals surface area contributed by atoms with Crippen molar-refractivity contribution in [1.29, 1.82) is 0 Å². The van der Waals surface area contributed by atoms with E-state index in [0.717, 1.165) is 31.7 Å². The molecule has 0 saturated heterocycles. The number of nitrogens with one attached hydrogen (secondary N) is 1. The molecule has 1 amide bonds. The van der Waals surface area contributed by atoms with Gasteiger partial charge in [-0.15, -0.1) is 0 Å². The van der Waals surface area contributed by atoms with E-state index >= 15 is 0 Å². The van der Waals surface area contributed by atoms with Crippen LogP contribution in [-0.2, 0) is 4.79 Å². The maximum absolute atomic E-state index is 12.4. The molecule has 2 rings (SSSR count). The second-order valence-electron chi connectivity index (χ2n) is 6.94. The third-order valence-corrected chi connectivity index (χ3v) is 5.50. The summed E-state index contributed by atoms with van der Waals surface area (Å²) in [5, 5.41) is 3.33. The molecule has 20 heavy (non-hydrogen) atoms. The molecule has 2 aliphatic carbocycles. The third-order valence-electron chi connectivity index (χ3n) is 5.50. The lowest BCUT2D eigenvalue weighted by Crippen LogP contribution is -2.42. The first-order chi connectivity index (χ1) is 9.72. The monoisotopic (exact) mass is 280 g/mol. The largest absolute Gasteiger partial charge is 0.353 e. The minimum absolute atomic E-state index is 0.254. The Kier molecular flexibility index (Phi) is 6.34. The second-order valence-corrected chi connectivity index (χ2v) is 6.94. The molecule has 0 aliphatic heterocycles. The first-order valence-corrected chi connectivity index (χ1v) is 8.73. The van der Waals surface area contributed by atoms with Gasteiger partial charge in [-0.05, 0) is 63.3 Å². The molecule has 0 aromatic carbocycles. The number of carbonyl (C=O) groups excluding carboxylic acids is 1. The Balaban J connectivity index is 1.74. The van der Waals surface area contributed by atoms with Crippen LogP contribution in [-0.4, -0.2) is 18.5 Å². The number of amides is 1. The van der Waals surface area contributed by atoms with Crippen molar-refractivity contribution in [1.82, 2.24) is 5.32 Å². The number of nitrogens with two attached hydrogens (primary N) is 1. The van der Waals surface area contributed by atoms with Crippen LogP contribution >= 0.6 is 0 Å². The molecule has 0 aromatic heterocycles. The van der Waals surface area contributed by atoms with Gasteiger partial charge in [0.2, 0.25) is 5.91 Å². The van der Waals surface area contributed by atoms with Gasteiger partial charge in [-0.25, -0.2) is 0 Å². The molecule has 2 aliphatic rings. The van der Waals surface area contributed by atoms with Crippen LogP contribution in [0.1, 0.15) is 71.1 Å². The van der Waals surface area contributed by atoms with Crippen LogP contribution in [0.3, 0.4) is 0 Å². The Morgan fingerprint density at radius 2 is 1.85 bits per heavy atom. The lowest BCUT2D eigenvalue weighted by atomic mass is 9.79. The highest BCUT2D eigenvalue weighted by Crippen LogP contribution is 2.32. The normalized spacial score (nSPS) is 34.7. The lowest BCUT2D eigenvalue weighted by molar-refractivity contribution is -0.127. The summed E-state index contributed by atoms with van der Waals surface area (Å²) in [7, 11) is 0. The predicted molar refractivity (Wildman–Crippen MR) is 83.3 cm³/mol. The minimum Gasteiger partial charge on any atom is -0.353 e. The average Bonchev–Trinajstić information content (AvgIpc) is 2.48. The summed E-state index contributed by atoms with van der Waals surface area (Å²) in [4.78, 5) is 12.4. The van der Waals surface area contributed by atoms with Crippen molar-refractivity contribution >= 4 is 5.91 Å². The predicted octanol–water partition coefficient (Wildman–Crippen LogP) is 3.23. The fourth-order valence-corrected chi connectivity index (χ4v) is 4.06. The van der Waals surface area contributed by atoms with E-state index in [-0.39, 0.29) is 5.92 Å². The Morgan fingerprint density at radius 1 is 1.10 bits per heavy atom. The van der Waals surface area contributed by atoms with Crippen molar-refractivity contribution in [3.63, 3.8) is 0 Å². The molecule has 116 valence electrons. The van der Waals surface area contributed by atoms with Gasteiger partial charge in [0.15, 0.2) is 0 Å². The van der Waals surface area contributed by atoms with Crippen molar-refractivity contribution in [3.05, 3.63) is 0 Å².